The lowest BCUT2D eigenvalue weighted by Crippen LogP contribution is -2.13. The zero-order valence-electron chi connectivity index (χ0n) is 12.0. The maximum absolute atomic E-state index is 12.3. The van der Waals surface area contributed by atoms with Crippen LogP contribution in [0.3, 0.4) is 0 Å². The van der Waals surface area contributed by atoms with Gasteiger partial charge in [-0.3, -0.25) is 9.89 Å². The van der Waals surface area contributed by atoms with Crippen molar-refractivity contribution in [3.63, 3.8) is 0 Å². The lowest BCUT2D eigenvalue weighted by molar-refractivity contribution is 0.102. The molecule has 0 aliphatic rings. The van der Waals surface area contributed by atoms with Crippen LogP contribution in [0.25, 0.3) is 0 Å². The summed E-state index contributed by atoms with van der Waals surface area (Å²) < 4.78 is 5.08. The Balaban J connectivity index is 2.20. The molecule has 0 atom stereocenters. The number of carbonyl (C=O) groups is 1. The second kappa shape index (κ2) is 6.23. The lowest BCUT2D eigenvalue weighted by atomic mass is 10.1. The number of anilines is 1. The number of benzene rings is 1. The first-order valence-electron chi connectivity index (χ1n) is 6.71. The zero-order valence-corrected chi connectivity index (χ0v) is 12.0. The van der Waals surface area contributed by atoms with Gasteiger partial charge in [-0.1, -0.05) is 13.8 Å². The molecule has 5 nitrogen and oxygen atoms in total. The predicted octanol–water partition coefficient (Wildman–Crippen LogP) is 2.80. The minimum Gasteiger partial charge on any atom is -0.497 e. The van der Waals surface area contributed by atoms with Crippen LogP contribution in [0.15, 0.2) is 24.3 Å². The number of H-pyrrole nitrogens is 1. The van der Waals surface area contributed by atoms with E-state index in [-0.39, 0.29) is 5.91 Å². The van der Waals surface area contributed by atoms with E-state index in [4.69, 9.17) is 4.74 Å². The van der Waals surface area contributed by atoms with Gasteiger partial charge in [0, 0.05) is 5.56 Å². The molecule has 0 radical (unpaired) electrons. The number of aryl methyl sites for hydroxylation is 2. The Morgan fingerprint density at radius 1 is 1.25 bits per heavy atom. The molecular weight excluding hydrogens is 254 g/mol. The summed E-state index contributed by atoms with van der Waals surface area (Å²) in [5, 5.41) is 10.1. The van der Waals surface area contributed by atoms with Gasteiger partial charge in [0.25, 0.3) is 5.91 Å². The van der Waals surface area contributed by atoms with Crippen molar-refractivity contribution in [2.24, 2.45) is 0 Å². The van der Waals surface area contributed by atoms with E-state index in [0.717, 1.165) is 35.7 Å². The second-order valence-corrected chi connectivity index (χ2v) is 4.41. The molecule has 1 heterocycles. The highest BCUT2D eigenvalue weighted by Gasteiger charge is 2.14. The molecule has 2 N–H and O–H groups in total. The molecule has 0 unspecified atom stereocenters. The quantitative estimate of drug-likeness (QED) is 0.880. The molecule has 2 rings (SSSR count). The van der Waals surface area contributed by atoms with Crippen LogP contribution in [-0.2, 0) is 12.8 Å². The fraction of sp³-hybridized carbons (Fsp3) is 0.333. The number of ether oxygens (including phenoxy) is 1. The van der Waals surface area contributed by atoms with E-state index in [1.54, 1.807) is 31.4 Å². The zero-order chi connectivity index (χ0) is 14.5. The Hall–Kier alpha value is -2.30. The number of hydrogen-bond donors (Lipinski definition) is 2. The molecule has 0 bridgehead atoms. The summed E-state index contributed by atoms with van der Waals surface area (Å²) in [6.45, 7) is 4.04. The van der Waals surface area contributed by atoms with E-state index in [1.165, 1.54) is 0 Å². The first-order chi connectivity index (χ1) is 9.69. The molecule has 5 heteroatoms. The van der Waals surface area contributed by atoms with Crippen LogP contribution in [-0.4, -0.2) is 23.2 Å². The molecule has 0 saturated carbocycles. The number of methoxy groups -OCH3 is 1. The number of nitrogens with zero attached hydrogens (tertiary/aromatic N) is 1. The van der Waals surface area contributed by atoms with E-state index in [9.17, 15) is 4.79 Å². The molecule has 20 heavy (non-hydrogen) atoms. The third kappa shape index (κ3) is 2.82. The molecule has 0 aliphatic carbocycles. The summed E-state index contributed by atoms with van der Waals surface area (Å²) in [6.07, 6.45) is 1.57. The summed E-state index contributed by atoms with van der Waals surface area (Å²) in [5.41, 5.74) is 3.22. The fourth-order valence-electron chi connectivity index (χ4n) is 2.01. The highest BCUT2D eigenvalue weighted by molar-refractivity contribution is 6.04. The van der Waals surface area contributed by atoms with Crippen molar-refractivity contribution in [1.82, 2.24) is 10.2 Å². The standard InChI is InChI=1S/C15H19N3O2/c1-4-12-14(13(5-2)18-17-12)16-15(19)10-6-8-11(20-3)9-7-10/h6-9H,4-5H2,1-3H3,(H,16,19)(H,17,18). The fourth-order valence-corrected chi connectivity index (χ4v) is 2.01. The molecule has 1 amide bonds. The summed E-state index contributed by atoms with van der Waals surface area (Å²) in [6, 6.07) is 7.02. The van der Waals surface area contributed by atoms with Gasteiger partial charge in [-0.05, 0) is 37.1 Å². The van der Waals surface area contributed by atoms with Gasteiger partial charge >= 0.3 is 0 Å². The maximum Gasteiger partial charge on any atom is 0.255 e. The van der Waals surface area contributed by atoms with Gasteiger partial charge in [-0.25, -0.2) is 0 Å². The Morgan fingerprint density at radius 3 is 2.50 bits per heavy atom. The normalized spacial score (nSPS) is 10.3. The summed E-state index contributed by atoms with van der Waals surface area (Å²) in [7, 11) is 1.60. The predicted molar refractivity (Wildman–Crippen MR) is 78.3 cm³/mol. The number of amides is 1. The van der Waals surface area contributed by atoms with Crippen molar-refractivity contribution in [3.8, 4) is 5.75 Å². The van der Waals surface area contributed by atoms with Crippen LogP contribution in [0, 0.1) is 0 Å². The number of aromatic nitrogens is 2. The second-order valence-electron chi connectivity index (χ2n) is 4.41. The van der Waals surface area contributed by atoms with Gasteiger partial charge in [0.15, 0.2) is 0 Å². The lowest BCUT2D eigenvalue weighted by Gasteiger charge is -2.07. The van der Waals surface area contributed by atoms with Crippen LogP contribution in [0.2, 0.25) is 0 Å². The van der Waals surface area contributed by atoms with Crippen LogP contribution < -0.4 is 10.1 Å². The van der Waals surface area contributed by atoms with Crippen LogP contribution in [0.4, 0.5) is 5.69 Å². The topological polar surface area (TPSA) is 67.0 Å². The third-order valence-electron chi connectivity index (χ3n) is 3.20. The monoisotopic (exact) mass is 273 g/mol. The number of hydrogen-bond acceptors (Lipinski definition) is 3. The highest BCUT2D eigenvalue weighted by atomic mass is 16.5. The third-order valence-corrected chi connectivity index (χ3v) is 3.20. The Morgan fingerprint density at radius 2 is 1.95 bits per heavy atom. The number of nitrogens with one attached hydrogen (secondary N) is 2. The highest BCUT2D eigenvalue weighted by Crippen LogP contribution is 2.21. The smallest absolute Gasteiger partial charge is 0.255 e. The van der Waals surface area contributed by atoms with Crippen molar-refractivity contribution in [2.75, 3.05) is 12.4 Å². The molecule has 106 valence electrons. The summed E-state index contributed by atoms with van der Waals surface area (Å²) >= 11 is 0. The SMILES string of the molecule is CCc1n[nH]c(CC)c1NC(=O)c1ccc(OC)cc1. The minimum absolute atomic E-state index is 0.140. The van der Waals surface area contributed by atoms with Crippen LogP contribution >= 0.6 is 0 Å². The maximum atomic E-state index is 12.3. The number of carbonyl (C=O) groups excluding carboxylic acids is 1. The summed E-state index contributed by atoms with van der Waals surface area (Å²) in [4.78, 5) is 12.3. The van der Waals surface area contributed by atoms with Crippen molar-refractivity contribution in [2.45, 2.75) is 26.7 Å². The van der Waals surface area contributed by atoms with Gasteiger partial charge in [0.05, 0.1) is 24.2 Å². The first-order valence-corrected chi connectivity index (χ1v) is 6.71. The average Bonchev–Trinajstić information content (AvgIpc) is 2.89. The van der Waals surface area contributed by atoms with E-state index in [1.807, 2.05) is 13.8 Å². The van der Waals surface area contributed by atoms with Gasteiger partial charge in [0.1, 0.15) is 5.75 Å². The minimum atomic E-state index is -0.140. The van der Waals surface area contributed by atoms with E-state index < -0.39 is 0 Å². The van der Waals surface area contributed by atoms with E-state index in [2.05, 4.69) is 15.5 Å². The molecule has 1 aromatic carbocycles. The van der Waals surface area contributed by atoms with Gasteiger partial charge in [0.2, 0.25) is 0 Å². The molecule has 0 spiro atoms. The number of aromatic amines is 1. The Labute approximate surface area is 118 Å². The molecule has 0 saturated heterocycles. The van der Waals surface area contributed by atoms with Crippen molar-refractivity contribution in [3.05, 3.63) is 41.2 Å². The Bertz CT molecular complexity index is 566. The molecule has 2 aromatic rings. The Kier molecular flexibility index (Phi) is 4.40. The van der Waals surface area contributed by atoms with Gasteiger partial charge in [-0.15, -0.1) is 0 Å². The number of rotatable bonds is 5. The van der Waals surface area contributed by atoms with Gasteiger partial charge in [-0.2, -0.15) is 5.10 Å². The van der Waals surface area contributed by atoms with Gasteiger partial charge < -0.3 is 10.1 Å². The molecule has 0 fully saturated rings. The summed E-state index contributed by atoms with van der Waals surface area (Å²) in [5.74, 6) is 0.590. The van der Waals surface area contributed by atoms with Crippen LogP contribution in [0.1, 0.15) is 35.6 Å². The first kappa shape index (κ1) is 14.1. The molecule has 0 aliphatic heterocycles. The molecular formula is C15H19N3O2. The average molecular weight is 273 g/mol. The van der Waals surface area contributed by atoms with E-state index in [0.29, 0.717) is 5.56 Å². The van der Waals surface area contributed by atoms with Crippen molar-refractivity contribution < 1.29 is 9.53 Å². The van der Waals surface area contributed by atoms with Crippen LogP contribution in [0.5, 0.6) is 5.75 Å². The largest absolute Gasteiger partial charge is 0.497 e. The van der Waals surface area contributed by atoms with Crippen molar-refractivity contribution >= 4 is 11.6 Å². The van der Waals surface area contributed by atoms with E-state index >= 15 is 0 Å². The molecule has 1 aromatic heterocycles. The van der Waals surface area contributed by atoms with Crippen molar-refractivity contribution in [1.29, 1.82) is 0 Å².